The molecule has 102 valence electrons. The summed E-state index contributed by atoms with van der Waals surface area (Å²) in [6, 6.07) is 0.234. The van der Waals surface area contributed by atoms with Crippen LogP contribution in [0.4, 0.5) is 0 Å². The normalized spacial score (nSPS) is 27.5. The van der Waals surface area contributed by atoms with Gasteiger partial charge in [-0.25, -0.2) is 0 Å². The van der Waals surface area contributed by atoms with Crippen LogP contribution in [0.3, 0.4) is 0 Å². The number of hydrogen-bond acceptors (Lipinski definition) is 3. The molecule has 0 aromatic carbocycles. The first kappa shape index (κ1) is 13.6. The summed E-state index contributed by atoms with van der Waals surface area (Å²) in [5, 5.41) is 9.22. The molecular weight excluding hydrogens is 228 g/mol. The molecule has 0 bridgehead atoms. The van der Waals surface area contributed by atoms with Gasteiger partial charge in [-0.05, 0) is 52.2 Å². The Balaban J connectivity index is 1.85. The first-order valence-corrected chi connectivity index (χ1v) is 6.93. The molecule has 1 unspecified atom stereocenters. The largest absolute Gasteiger partial charge is 0.480 e. The molecule has 0 saturated carbocycles. The molecule has 2 rings (SSSR count). The Bertz CT molecular complexity index is 322. The van der Waals surface area contributed by atoms with Crippen molar-refractivity contribution in [2.45, 2.75) is 44.7 Å². The van der Waals surface area contributed by atoms with Crippen molar-refractivity contribution in [1.82, 2.24) is 9.80 Å². The third-order valence-electron chi connectivity index (χ3n) is 4.10. The van der Waals surface area contributed by atoms with E-state index in [4.69, 9.17) is 0 Å². The minimum Gasteiger partial charge on any atom is -0.480 e. The Morgan fingerprint density at radius 2 is 1.94 bits per heavy atom. The van der Waals surface area contributed by atoms with Crippen LogP contribution >= 0.6 is 0 Å². The molecule has 2 heterocycles. The molecule has 0 aromatic rings. The minimum absolute atomic E-state index is 0.234. The highest BCUT2D eigenvalue weighted by Crippen LogP contribution is 2.26. The van der Waals surface area contributed by atoms with Gasteiger partial charge in [0.15, 0.2) is 0 Å². The van der Waals surface area contributed by atoms with Gasteiger partial charge in [0.25, 0.3) is 0 Å². The van der Waals surface area contributed by atoms with E-state index in [1.807, 2.05) is 0 Å². The lowest BCUT2D eigenvalue weighted by Crippen LogP contribution is -2.49. The summed E-state index contributed by atoms with van der Waals surface area (Å²) in [7, 11) is 0. The molecule has 0 amide bonds. The van der Waals surface area contributed by atoms with Crippen LogP contribution in [0.15, 0.2) is 12.2 Å². The minimum atomic E-state index is -0.642. The van der Waals surface area contributed by atoms with Gasteiger partial charge >= 0.3 is 5.97 Å². The maximum Gasteiger partial charge on any atom is 0.320 e. The van der Waals surface area contributed by atoms with Crippen molar-refractivity contribution in [2.75, 3.05) is 26.2 Å². The quantitative estimate of drug-likeness (QED) is 0.771. The second-order valence-corrected chi connectivity index (χ2v) is 5.70. The molecule has 0 aliphatic carbocycles. The SMILES string of the molecule is C=C(C)CN1CCC(N2CCCC2C(=O)O)CC1. The van der Waals surface area contributed by atoms with Crippen molar-refractivity contribution in [1.29, 1.82) is 0 Å². The van der Waals surface area contributed by atoms with E-state index < -0.39 is 5.97 Å². The molecule has 1 N–H and O–H groups in total. The van der Waals surface area contributed by atoms with E-state index >= 15 is 0 Å². The molecule has 4 nitrogen and oxygen atoms in total. The average molecular weight is 252 g/mol. The molecule has 0 aromatic heterocycles. The predicted molar refractivity (Wildman–Crippen MR) is 71.6 cm³/mol. The highest BCUT2D eigenvalue weighted by Gasteiger charge is 2.36. The summed E-state index contributed by atoms with van der Waals surface area (Å²) < 4.78 is 0. The third kappa shape index (κ3) is 3.12. The molecule has 2 saturated heterocycles. The molecule has 0 spiro atoms. The van der Waals surface area contributed by atoms with E-state index in [2.05, 4.69) is 23.3 Å². The van der Waals surface area contributed by atoms with Crippen LogP contribution in [0.2, 0.25) is 0 Å². The fourth-order valence-electron chi connectivity index (χ4n) is 3.28. The Morgan fingerprint density at radius 1 is 1.28 bits per heavy atom. The average Bonchev–Trinajstić information content (AvgIpc) is 2.78. The topological polar surface area (TPSA) is 43.8 Å². The fourth-order valence-corrected chi connectivity index (χ4v) is 3.28. The summed E-state index contributed by atoms with van der Waals surface area (Å²) in [6.07, 6.45) is 4.04. The second-order valence-electron chi connectivity index (χ2n) is 5.70. The van der Waals surface area contributed by atoms with Gasteiger partial charge in [0.05, 0.1) is 0 Å². The van der Waals surface area contributed by atoms with E-state index in [1.54, 1.807) is 0 Å². The monoisotopic (exact) mass is 252 g/mol. The van der Waals surface area contributed by atoms with Gasteiger partial charge in [-0.15, -0.1) is 0 Å². The van der Waals surface area contributed by atoms with E-state index in [1.165, 1.54) is 5.57 Å². The number of carbonyl (C=O) groups is 1. The number of aliphatic carboxylic acids is 1. The maximum atomic E-state index is 11.2. The first-order valence-electron chi connectivity index (χ1n) is 6.93. The number of carboxylic acids is 1. The van der Waals surface area contributed by atoms with Crippen LogP contribution in [0.5, 0.6) is 0 Å². The van der Waals surface area contributed by atoms with Crippen LogP contribution in [0.25, 0.3) is 0 Å². The number of carboxylic acid groups (broad SMARTS) is 1. The number of likely N-dealkylation sites (tertiary alicyclic amines) is 2. The van der Waals surface area contributed by atoms with Crippen molar-refractivity contribution in [3.8, 4) is 0 Å². The zero-order valence-corrected chi connectivity index (χ0v) is 11.3. The number of rotatable bonds is 4. The Hall–Kier alpha value is -0.870. The van der Waals surface area contributed by atoms with E-state index in [0.717, 1.165) is 51.9 Å². The summed E-state index contributed by atoms with van der Waals surface area (Å²) in [5.74, 6) is -0.642. The summed E-state index contributed by atoms with van der Waals surface area (Å²) >= 11 is 0. The number of nitrogens with zero attached hydrogens (tertiary/aromatic N) is 2. The Labute approximate surface area is 109 Å². The lowest BCUT2D eigenvalue weighted by molar-refractivity contribution is -0.143. The van der Waals surface area contributed by atoms with Gasteiger partial charge in [-0.2, -0.15) is 0 Å². The third-order valence-corrected chi connectivity index (χ3v) is 4.10. The Kier molecular flexibility index (Phi) is 4.40. The van der Waals surface area contributed by atoms with Gasteiger partial charge in [0.1, 0.15) is 6.04 Å². The maximum absolute atomic E-state index is 11.2. The van der Waals surface area contributed by atoms with Crippen LogP contribution in [-0.2, 0) is 4.79 Å². The zero-order valence-electron chi connectivity index (χ0n) is 11.3. The van der Waals surface area contributed by atoms with Crippen LogP contribution in [0.1, 0.15) is 32.6 Å². The molecule has 18 heavy (non-hydrogen) atoms. The molecule has 0 radical (unpaired) electrons. The lowest BCUT2D eigenvalue weighted by Gasteiger charge is -2.38. The fraction of sp³-hybridized carbons (Fsp3) is 0.786. The lowest BCUT2D eigenvalue weighted by atomic mass is 10.0. The van der Waals surface area contributed by atoms with Gasteiger partial charge in [-0.3, -0.25) is 14.6 Å². The van der Waals surface area contributed by atoms with Gasteiger partial charge in [0, 0.05) is 12.6 Å². The van der Waals surface area contributed by atoms with Gasteiger partial charge in [0.2, 0.25) is 0 Å². The van der Waals surface area contributed by atoms with Gasteiger partial charge in [-0.1, -0.05) is 12.2 Å². The second kappa shape index (κ2) is 5.85. The van der Waals surface area contributed by atoms with Crippen LogP contribution in [-0.4, -0.2) is 59.1 Å². The first-order chi connectivity index (χ1) is 8.58. The van der Waals surface area contributed by atoms with Crippen molar-refractivity contribution in [3.05, 3.63) is 12.2 Å². The highest BCUT2D eigenvalue weighted by atomic mass is 16.4. The zero-order chi connectivity index (χ0) is 13.1. The van der Waals surface area contributed by atoms with Crippen LogP contribution < -0.4 is 0 Å². The summed E-state index contributed by atoms with van der Waals surface area (Å²) in [5.41, 5.74) is 1.21. The molecular formula is C14H24N2O2. The summed E-state index contributed by atoms with van der Waals surface area (Å²) in [6.45, 7) is 10.1. The van der Waals surface area contributed by atoms with Gasteiger partial charge < -0.3 is 5.11 Å². The molecule has 2 aliphatic rings. The molecule has 1 atom stereocenters. The van der Waals surface area contributed by atoms with E-state index in [-0.39, 0.29) is 6.04 Å². The van der Waals surface area contributed by atoms with Crippen molar-refractivity contribution in [2.24, 2.45) is 0 Å². The molecule has 4 heteroatoms. The van der Waals surface area contributed by atoms with E-state index in [9.17, 15) is 9.90 Å². The van der Waals surface area contributed by atoms with Crippen molar-refractivity contribution < 1.29 is 9.90 Å². The van der Waals surface area contributed by atoms with Crippen molar-refractivity contribution >= 4 is 5.97 Å². The summed E-state index contributed by atoms with van der Waals surface area (Å²) in [4.78, 5) is 15.8. The molecule has 2 fully saturated rings. The Morgan fingerprint density at radius 3 is 2.50 bits per heavy atom. The smallest absolute Gasteiger partial charge is 0.320 e. The predicted octanol–water partition coefficient (Wildman–Crippen LogP) is 1.58. The standard InChI is InChI=1S/C14H24N2O2/c1-11(2)10-15-8-5-12(6-9-15)16-7-3-4-13(16)14(17)18/h12-13H,1,3-10H2,2H3,(H,17,18). The van der Waals surface area contributed by atoms with Crippen LogP contribution in [0, 0.1) is 0 Å². The molecule has 2 aliphatic heterocycles. The number of piperidine rings is 1. The van der Waals surface area contributed by atoms with E-state index in [0.29, 0.717) is 6.04 Å². The highest BCUT2D eigenvalue weighted by molar-refractivity contribution is 5.73. The number of hydrogen-bond donors (Lipinski definition) is 1. The van der Waals surface area contributed by atoms with Crippen molar-refractivity contribution in [3.63, 3.8) is 0 Å².